The van der Waals surface area contributed by atoms with E-state index >= 15 is 0 Å². The summed E-state index contributed by atoms with van der Waals surface area (Å²) in [6.07, 6.45) is 3.45. The molecule has 2 N–H and O–H groups in total. The maximum absolute atomic E-state index is 5.71. The lowest BCUT2D eigenvalue weighted by Crippen LogP contribution is -1.94. The van der Waals surface area contributed by atoms with Crippen molar-refractivity contribution in [2.45, 2.75) is 0 Å². The van der Waals surface area contributed by atoms with Gasteiger partial charge in [-0.2, -0.15) is 0 Å². The smallest absolute Gasteiger partial charge is 0.0987 e. The molecule has 3 heterocycles. The summed E-state index contributed by atoms with van der Waals surface area (Å²) < 4.78 is 0. The molecule has 0 aliphatic rings. The normalized spacial score (nSPS) is 11.0. The van der Waals surface area contributed by atoms with Crippen LogP contribution in [0.4, 0.5) is 5.69 Å². The summed E-state index contributed by atoms with van der Waals surface area (Å²) in [5, 5.41) is 2.04. The summed E-state index contributed by atoms with van der Waals surface area (Å²) >= 11 is 0. The molecule has 1 aromatic carbocycles. The summed E-state index contributed by atoms with van der Waals surface area (Å²) in [6.45, 7) is 0. The van der Waals surface area contributed by atoms with Gasteiger partial charge in [-0.15, -0.1) is 0 Å². The maximum Gasteiger partial charge on any atom is 0.0987 e. The molecule has 4 rings (SSSR count). The predicted octanol–water partition coefficient (Wildman–Crippen LogP) is 3.43. The van der Waals surface area contributed by atoms with E-state index in [-0.39, 0.29) is 0 Å². The van der Waals surface area contributed by atoms with Crippen molar-refractivity contribution in [1.82, 2.24) is 15.0 Å². The molecule has 0 amide bonds. The van der Waals surface area contributed by atoms with E-state index in [1.54, 1.807) is 12.4 Å². The minimum atomic E-state index is 0.641. The van der Waals surface area contributed by atoms with E-state index in [0.29, 0.717) is 5.69 Å². The number of hydrogen-bond donors (Lipinski definition) is 1. The Labute approximate surface area is 121 Å². The molecule has 0 aliphatic heterocycles. The number of nitrogen functional groups attached to an aromatic ring is 1. The lowest BCUT2D eigenvalue weighted by molar-refractivity contribution is 1.28. The number of nitrogens with zero attached hydrogens (tertiary/aromatic N) is 3. The van der Waals surface area contributed by atoms with E-state index in [4.69, 9.17) is 10.7 Å². The van der Waals surface area contributed by atoms with Gasteiger partial charge in [0.1, 0.15) is 0 Å². The van der Waals surface area contributed by atoms with E-state index in [1.165, 1.54) is 0 Å². The first-order valence-electron chi connectivity index (χ1n) is 6.68. The van der Waals surface area contributed by atoms with Crippen LogP contribution in [-0.2, 0) is 0 Å². The number of fused-ring (bicyclic) bond motifs is 3. The van der Waals surface area contributed by atoms with Gasteiger partial charge in [-0.05, 0) is 30.3 Å². The topological polar surface area (TPSA) is 64.7 Å². The molecular formula is C17H12N4. The Morgan fingerprint density at radius 2 is 1.67 bits per heavy atom. The second-order valence-electron chi connectivity index (χ2n) is 4.85. The van der Waals surface area contributed by atoms with E-state index in [0.717, 1.165) is 33.2 Å². The van der Waals surface area contributed by atoms with Crippen molar-refractivity contribution < 1.29 is 0 Å². The van der Waals surface area contributed by atoms with Crippen molar-refractivity contribution in [3.05, 3.63) is 60.9 Å². The highest BCUT2D eigenvalue weighted by molar-refractivity contribution is 6.08. The molecule has 4 aromatic rings. The molecule has 0 saturated heterocycles. The average Bonchev–Trinajstić information content (AvgIpc) is 2.55. The van der Waals surface area contributed by atoms with Gasteiger partial charge in [-0.3, -0.25) is 9.97 Å². The SMILES string of the molecule is Nc1ccc(-c2nc3ccccc3c3ncccc23)nc1. The lowest BCUT2D eigenvalue weighted by atomic mass is 10.1. The third-order valence-corrected chi connectivity index (χ3v) is 3.48. The van der Waals surface area contributed by atoms with Gasteiger partial charge in [0.2, 0.25) is 0 Å². The quantitative estimate of drug-likeness (QED) is 0.539. The highest BCUT2D eigenvalue weighted by Gasteiger charge is 2.11. The zero-order chi connectivity index (χ0) is 14.2. The number of nitrogens with two attached hydrogens (primary N) is 1. The standard InChI is InChI=1S/C17H12N4/c18-11-7-8-15(20-10-11)17-13-5-3-9-19-16(13)12-4-1-2-6-14(12)21-17/h1-10H,18H2. The minimum Gasteiger partial charge on any atom is -0.397 e. The zero-order valence-corrected chi connectivity index (χ0v) is 11.2. The molecule has 0 spiro atoms. The first-order valence-corrected chi connectivity index (χ1v) is 6.68. The fourth-order valence-electron chi connectivity index (χ4n) is 2.50. The van der Waals surface area contributed by atoms with Crippen LogP contribution in [-0.4, -0.2) is 15.0 Å². The van der Waals surface area contributed by atoms with Gasteiger partial charge in [0.25, 0.3) is 0 Å². The van der Waals surface area contributed by atoms with E-state index in [9.17, 15) is 0 Å². The second kappa shape index (κ2) is 4.52. The van der Waals surface area contributed by atoms with E-state index in [1.807, 2.05) is 48.5 Å². The van der Waals surface area contributed by atoms with Gasteiger partial charge in [0, 0.05) is 17.0 Å². The van der Waals surface area contributed by atoms with Gasteiger partial charge in [0.15, 0.2) is 0 Å². The van der Waals surface area contributed by atoms with Crippen LogP contribution in [0.15, 0.2) is 60.9 Å². The molecule has 0 fully saturated rings. The Morgan fingerprint density at radius 3 is 2.52 bits per heavy atom. The molecular weight excluding hydrogens is 260 g/mol. The van der Waals surface area contributed by atoms with Crippen molar-refractivity contribution >= 4 is 27.5 Å². The molecule has 21 heavy (non-hydrogen) atoms. The second-order valence-corrected chi connectivity index (χ2v) is 4.85. The van der Waals surface area contributed by atoms with E-state index in [2.05, 4.69) is 9.97 Å². The van der Waals surface area contributed by atoms with Crippen molar-refractivity contribution in [3.63, 3.8) is 0 Å². The number of benzene rings is 1. The summed E-state index contributed by atoms with van der Waals surface area (Å²) in [5.41, 5.74) is 9.84. The van der Waals surface area contributed by atoms with Crippen LogP contribution in [0.25, 0.3) is 33.2 Å². The molecule has 4 heteroatoms. The van der Waals surface area contributed by atoms with Crippen LogP contribution < -0.4 is 5.73 Å². The minimum absolute atomic E-state index is 0.641. The number of pyridine rings is 3. The Balaban J connectivity index is 2.13. The van der Waals surface area contributed by atoms with Gasteiger partial charge >= 0.3 is 0 Å². The fraction of sp³-hybridized carbons (Fsp3) is 0. The maximum atomic E-state index is 5.71. The molecule has 0 atom stereocenters. The summed E-state index contributed by atoms with van der Waals surface area (Å²) in [5.74, 6) is 0. The van der Waals surface area contributed by atoms with Crippen molar-refractivity contribution in [3.8, 4) is 11.4 Å². The fourth-order valence-corrected chi connectivity index (χ4v) is 2.50. The van der Waals surface area contributed by atoms with Gasteiger partial charge in [-0.1, -0.05) is 18.2 Å². The van der Waals surface area contributed by atoms with Gasteiger partial charge in [0.05, 0.1) is 34.3 Å². The van der Waals surface area contributed by atoms with Crippen LogP contribution >= 0.6 is 0 Å². The molecule has 0 bridgehead atoms. The summed E-state index contributed by atoms with van der Waals surface area (Å²) in [7, 11) is 0. The highest BCUT2D eigenvalue weighted by Crippen LogP contribution is 2.30. The Hall–Kier alpha value is -3.01. The molecule has 0 radical (unpaired) electrons. The highest BCUT2D eigenvalue weighted by atomic mass is 14.8. The first kappa shape index (κ1) is 11.8. The third-order valence-electron chi connectivity index (χ3n) is 3.48. The van der Waals surface area contributed by atoms with Crippen molar-refractivity contribution in [1.29, 1.82) is 0 Å². The molecule has 0 aliphatic carbocycles. The average molecular weight is 272 g/mol. The third kappa shape index (κ3) is 1.89. The monoisotopic (exact) mass is 272 g/mol. The molecule has 100 valence electrons. The van der Waals surface area contributed by atoms with Gasteiger partial charge in [-0.25, -0.2) is 4.98 Å². The van der Waals surface area contributed by atoms with Crippen molar-refractivity contribution in [2.24, 2.45) is 0 Å². The lowest BCUT2D eigenvalue weighted by Gasteiger charge is -2.08. The molecule has 3 aromatic heterocycles. The van der Waals surface area contributed by atoms with E-state index < -0.39 is 0 Å². The van der Waals surface area contributed by atoms with Crippen LogP contribution in [0.2, 0.25) is 0 Å². The Morgan fingerprint density at radius 1 is 0.810 bits per heavy atom. The number of para-hydroxylation sites is 1. The predicted molar refractivity (Wildman–Crippen MR) is 84.7 cm³/mol. The summed E-state index contributed by atoms with van der Waals surface area (Å²) in [4.78, 5) is 13.7. The first-order chi connectivity index (χ1) is 10.3. The zero-order valence-electron chi connectivity index (χ0n) is 11.2. The van der Waals surface area contributed by atoms with Crippen LogP contribution in [0.3, 0.4) is 0 Å². The Kier molecular flexibility index (Phi) is 2.54. The van der Waals surface area contributed by atoms with Crippen LogP contribution in [0.1, 0.15) is 0 Å². The number of aromatic nitrogens is 3. The van der Waals surface area contributed by atoms with Crippen molar-refractivity contribution in [2.75, 3.05) is 5.73 Å². The number of hydrogen-bond acceptors (Lipinski definition) is 4. The van der Waals surface area contributed by atoms with Crippen LogP contribution in [0.5, 0.6) is 0 Å². The Bertz CT molecular complexity index is 946. The number of rotatable bonds is 1. The largest absolute Gasteiger partial charge is 0.397 e. The van der Waals surface area contributed by atoms with Gasteiger partial charge < -0.3 is 5.73 Å². The molecule has 0 unspecified atom stereocenters. The molecule has 0 saturated carbocycles. The van der Waals surface area contributed by atoms with Crippen LogP contribution in [0, 0.1) is 0 Å². The number of anilines is 1. The summed E-state index contributed by atoms with van der Waals surface area (Å²) in [6, 6.07) is 15.7. The molecule has 4 nitrogen and oxygen atoms in total.